The summed E-state index contributed by atoms with van der Waals surface area (Å²) < 4.78 is 0.887. The fraction of sp³-hybridized carbons (Fsp3) is 0.545. The van der Waals surface area contributed by atoms with Gasteiger partial charge in [-0.1, -0.05) is 0 Å². The Balaban J connectivity index is 0.00000144. The second kappa shape index (κ2) is 7.36. The van der Waals surface area contributed by atoms with Gasteiger partial charge in [-0.05, 0) is 59.2 Å². The van der Waals surface area contributed by atoms with Crippen molar-refractivity contribution in [2.75, 3.05) is 19.6 Å². The molecule has 0 radical (unpaired) electrons. The monoisotopic (exact) mass is 338 g/mol. The normalized spacial score (nSPS) is 18.8. The van der Waals surface area contributed by atoms with Crippen LogP contribution in [0.15, 0.2) is 15.9 Å². The Bertz CT molecular complexity index is 366. The molecule has 96 valence electrons. The molecular weight excluding hydrogens is 324 g/mol. The van der Waals surface area contributed by atoms with Gasteiger partial charge >= 0.3 is 0 Å². The molecule has 1 atom stereocenters. The van der Waals surface area contributed by atoms with Gasteiger partial charge in [0.1, 0.15) is 4.88 Å². The third-order valence-electron chi connectivity index (χ3n) is 2.82. The molecule has 1 aromatic heterocycles. The Morgan fingerprint density at radius 1 is 1.65 bits per heavy atom. The first-order valence-electron chi connectivity index (χ1n) is 5.49. The summed E-state index contributed by atoms with van der Waals surface area (Å²) in [7, 11) is 0. The molecule has 1 aromatic rings. The van der Waals surface area contributed by atoms with Gasteiger partial charge in [0.2, 0.25) is 0 Å². The number of carbonyl (C=O) groups excluding carboxylic acids is 1. The SMILES string of the molecule is Cl.O=C(NCCC1CCNC1)c1sccc1Br. The predicted molar refractivity (Wildman–Crippen MR) is 77.2 cm³/mol. The third-order valence-corrected chi connectivity index (χ3v) is 4.66. The lowest BCUT2D eigenvalue weighted by Crippen LogP contribution is -2.25. The van der Waals surface area contributed by atoms with Crippen molar-refractivity contribution in [3.8, 4) is 0 Å². The summed E-state index contributed by atoms with van der Waals surface area (Å²) in [6.45, 7) is 2.99. The van der Waals surface area contributed by atoms with Crippen LogP contribution in [-0.2, 0) is 0 Å². The van der Waals surface area contributed by atoms with Crippen LogP contribution in [0.5, 0.6) is 0 Å². The first-order valence-corrected chi connectivity index (χ1v) is 7.16. The van der Waals surface area contributed by atoms with Crippen LogP contribution in [0, 0.1) is 5.92 Å². The Morgan fingerprint density at radius 2 is 2.47 bits per heavy atom. The van der Waals surface area contributed by atoms with E-state index < -0.39 is 0 Å². The van der Waals surface area contributed by atoms with Gasteiger partial charge < -0.3 is 10.6 Å². The first kappa shape index (κ1) is 15.0. The summed E-state index contributed by atoms with van der Waals surface area (Å²) in [4.78, 5) is 12.5. The highest BCUT2D eigenvalue weighted by Gasteiger charge is 2.15. The van der Waals surface area contributed by atoms with E-state index in [1.165, 1.54) is 17.8 Å². The van der Waals surface area contributed by atoms with E-state index in [0.717, 1.165) is 41.3 Å². The second-order valence-corrected chi connectivity index (χ2v) is 5.77. The molecule has 0 aromatic carbocycles. The van der Waals surface area contributed by atoms with E-state index in [1.807, 2.05) is 11.4 Å². The highest BCUT2D eigenvalue weighted by molar-refractivity contribution is 9.10. The van der Waals surface area contributed by atoms with Crippen LogP contribution in [-0.4, -0.2) is 25.5 Å². The molecule has 1 amide bonds. The Kier molecular flexibility index (Phi) is 6.48. The van der Waals surface area contributed by atoms with Gasteiger partial charge in [0.15, 0.2) is 0 Å². The molecule has 3 nitrogen and oxygen atoms in total. The number of amides is 1. The minimum Gasteiger partial charge on any atom is -0.351 e. The number of carbonyl (C=O) groups is 1. The highest BCUT2D eigenvalue weighted by atomic mass is 79.9. The maximum absolute atomic E-state index is 11.8. The molecule has 17 heavy (non-hydrogen) atoms. The second-order valence-electron chi connectivity index (χ2n) is 4.00. The van der Waals surface area contributed by atoms with Gasteiger partial charge in [-0.3, -0.25) is 4.79 Å². The highest BCUT2D eigenvalue weighted by Crippen LogP contribution is 2.22. The van der Waals surface area contributed by atoms with Crippen molar-refractivity contribution in [2.45, 2.75) is 12.8 Å². The Labute approximate surface area is 120 Å². The maximum Gasteiger partial charge on any atom is 0.262 e. The summed E-state index contributed by atoms with van der Waals surface area (Å²) in [5, 5.41) is 8.21. The van der Waals surface area contributed by atoms with Crippen molar-refractivity contribution in [3.63, 3.8) is 0 Å². The fourth-order valence-electron chi connectivity index (χ4n) is 1.89. The molecule has 2 heterocycles. The van der Waals surface area contributed by atoms with E-state index in [1.54, 1.807) is 0 Å². The van der Waals surface area contributed by atoms with Crippen LogP contribution in [0.25, 0.3) is 0 Å². The average molecular weight is 340 g/mol. The van der Waals surface area contributed by atoms with Crippen molar-refractivity contribution in [1.82, 2.24) is 10.6 Å². The van der Waals surface area contributed by atoms with Gasteiger partial charge in [-0.15, -0.1) is 23.7 Å². The lowest BCUT2D eigenvalue weighted by Gasteiger charge is -2.08. The maximum atomic E-state index is 11.8. The van der Waals surface area contributed by atoms with Crippen molar-refractivity contribution in [1.29, 1.82) is 0 Å². The van der Waals surface area contributed by atoms with Gasteiger partial charge in [-0.2, -0.15) is 0 Å². The largest absolute Gasteiger partial charge is 0.351 e. The van der Waals surface area contributed by atoms with Gasteiger partial charge in [0, 0.05) is 11.0 Å². The molecule has 1 saturated heterocycles. The van der Waals surface area contributed by atoms with Crippen LogP contribution in [0.3, 0.4) is 0 Å². The van der Waals surface area contributed by atoms with Crippen LogP contribution >= 0.6 is 39.7 Å². The molecule has 0 aliphatic carbocycles. The molecule has 1 aliphatic heterocycles. The topological polar surface area (TPSA) is 41.1 Å². The van der Waals surface area contributed by atoms with E-state index >= 15 is 0 Å². The minimum atomic E-state index is 0. The van der Waals surface area contributed by atoms with Gasteiger partial charge in [0.05, 0.1) is 0 Å². The zero-order valence-electron chi connectivity index (χ0n) is 9.37. The minimum absolute atomic E-state index is 0. The molecule has 1 aliphatic rings. The van der Waals surface area contributed by atoms with Crippen molar-refractivity contribution >= 4 is 45.6 Å². The number of rotatable bonds is 4. The number of halogens is 2. The van der Waals surface area contributed by atoms with Crippen LogP contribution < -0.4 is 10.6 Å². The molecular formula is C11H16BrClN2OS. The first-order chi connectivity index (χ1) is 7.77. The number of hydrogen-bond acceptors (Lipinski definition) is 3. The van der Waals surface area contributed by atoms with Crippen molar-refractivity contribution in [2.24, 2.45) is 5.92 Å². The Morgan fingerprint density at radius 3 is 3.06 bits per heavy atom. The molecule has 2 rings (SSSR count). The van der Waals surface area contributed by atoms with E-state index in [0.29, 0.717) is 0 Å². The third kappa shape index (κ3) is 4.25. The fourth-order valence-corrected chi connectivity index (χ4v) is 3.35. The summed E-state index contributed by atoms with van der Waals surface area (Å²) >= 11 is 4.83. The molecule has 0 spiro atoms. The number of thiophene rings is 1. The Hall–Kier alpha value is -0.100. The standard InChI is InChI=1S/C11H15BrN2OS.ClH/c12-9-3-6-16-10(9)11(15)14-5-2-8-1-4-13-7-8;/h3,6,8,13H,1-2,4-5,7H2,(H,14,15);1H. The zero-order valence-corrected chi connectivity index (χ0v) is 12.6. The van der Waals surface area contributed by atoms with Crippen LogP contribution in [0.2, 0.25) is 0 Å². The quantitative estimate of drug-likeness (QED) is 0.885. The molecule has 6 heteroatoms. The molecule has 2 N–H and O–H groups in total. The van der Waals surface area contributed by atoms with Crippen molar-refractivity contribution < 1.29 is 4.79 Å². The molecule has 1 fully saturated rings. The summed E-state index contributed by atoms with van der Waals surface area (Å²) in [6, 6.07) is 1.90. The summed E-state index contributed by atoms with van der Waals surface area (Å²) in [5.41, 5.74) is 0. The van der Waals surface area contributed by atoms with E-state index in [-0.39, 0.29) is 18.3 Å². The average Bonchev–Trinajstić information content (AvgIpc) is 2.88. The number of nitrogens with one attached hydrogen (secondary N) is 2. The zero-order chi connectivity index (χ0) is 11.4. The van der Waals surface area contributed by atoms with Gasteiger partial charge in [0.25, 0.3) is 5.91 Å². The van der Waals surface area contributed by atoms with E-state index in [4.69, 9.17) is 0 Å². The predicted octanol–water partition coefficient (Wildman–Crippen LogP) is 2.66. The lowest BCUT2D eigenvalue weighted by atomic mass is 10.1. The number of hydrogen-bond donors (Lipinski definition) is 2. The smallest absolute Gasteiger partial charge is 0.262 e. The lowest BCUT2D eigenvalue weighted by molar-refractivity contribution is 0.0955. The van der Waals surface area contributed by atoms with Crippen molar-refractivity contribution in [3.05, 3.63) is 20.8 Å². The van der Waals surface area contributed by atoms with E-state index in [9.17, 15) is 4.79 Å². The molecule has 1 unspecified atom stereocenters. The van der Waals surface area contributed by atoms with Crippen LogP contribution in [0.1, 0.15) is 22.5 Å². The molecule has 0 saturated carbocycles. The molecule has 0 bridgehead atoms. The summed E-state index contributed by atoms with van der Waals surface area (Å²) in [6.07, 6.45) is 2.31. The van der Waals surface area contributed by atoms with Crippen LogP contribution in [0.4, 0.5) is 0 Å². The summed E-state index contributed by atoms with van der Waals surface area (Å²) in [5.74, 6) is 0.764. The van der Waals surface area contributed by atoms with E-state index in [2.05, 4.69) is 26.6 Å². The van der Waals surface area contributed by atoms with Gasteiger partial charge in [-0.25, -0.2) is 0 Å².